The number of hydrogen-bond acceptors (Lipinski definition) is 3. The van der Waals surface area contributed by atoms with Gasteiger partial charge in [-0.1, -0.05) is 11.6 Å². The van der Waals surface area contributed by atoms with Crippen molar-refractivity contribution in [2.45, 2.75) is 33.3 Å². The number of halogens is 1. The maximum absolute atomic E-state index is 11.9. The van der Waals surface area contributed by atoms with Gasteiger partial charge in [0.25, 0.3) is 0 Å². The van der Waals surface area contributed by atoms with Crippen LogP contribution in [0.5, 0.6) is 5.75 Å². The van der Waals surface area contributed by atoms with E-state index < -0.39 is 11.6 Å². The number of carbonyl (C=O) groups excluding carboxylic acids is 1. The molecule has 1 aromatic carbocycles. The highest BCUT2D eigenvalue weighted by Crippen LogP contribution is 2.25. The van der Waals surface area contributed by atoms with Crippen LogP contribution in [0, 0.1) is 0 Å². The van der Waals surface area contributed by atoms with Gasteiger partial charge in [-0.3, -0.25) is 0 Å². The van der Waals surface area contributed by atoms with Crippen molar-refractivity contribution in [2.75, 3.05) is 6.61 Å². The number of benzene rings is 1. The standard InChI is InChI=1S/C13H17ClO3/c1-5-16-11-8-9(14)6-7-10(11)12(15)17-13(2,3)4/h6-8H,5H2,1-4H3. The Labute approximate surface area is 107 Å². The average molecular weight is 257 g/mol. The second-order valence-electron chi connectivity index (χ2n) is 4.58. The van der Waals surface area contributed by atoms with Crippen molar-refractivity contribution in [3.05, 3.63) is 28.8 Å². The Balaban J connectivity index is 3.00. The fraction of sp³-hybridized carbons (Fsp3) is 0.462. The van der Waals surface area contributed by atoms with Gasteiger partial charge in [-0.15, -0.1) is 0 Å². The minimum Gasteiger partial charge on any atom is -0.493 e. The second kappa shape index (κ2) is 5.41. The number of carbonyl (C=O) groups is 1. The molecule has 0 heterocycles. The third-order valence-electron chi connectivity index (χ3n) is 1.86. The Morgan fingerprint density at radius 1 is 1.35 bits per heavy atom. The molecule has 17 heavy (non-hydrogen) atoms. The lowest BCUT2D eigenvalue weighted by molar-refractivity contribution is 0.00660. The number of hydrogen-bond donors (Lipinski definition) is 0. The Bertz CT molecular complexity index is 408. The van der Waals surface area contributed by atoms with E-state index in [1.165, 1.54) is 0 Å². The minimum atomic E-state index is -0.528. The second-order valence-corrected chi connectivity index (χ2v) is 5.01. The monoisotopic (exact) mass is 256 g/mol. The zero-order valence-corrected chi connectivity index (χ0v) is 11.3. The van der Waals surface area contributed by atoms with E-state index in [-0.39, 0.29) is 0 Å². The van der Waals surface area contributed by atoms with Crippen LogP contribution in [0.2, 0.25) is 5.02 Å². The number of ether oxygens (including phenoxy) is 2. The maximum Gasteiger partial charge on any atom is 0.342 e. The lowest BCUT2D eigenvalue weighted by Crippen LogP contribution is -2.24. The molecule has 1 aromatic rings. The molecule has 0 fully saturated rings. The van der Waals surface area contributed by atoms with Gasteiger partial charge in [0.2, 0.25) is 0 Å². The van der Waals surface area contributed by atoms with E-state index in [4.69, 9.17) is 21.1 Å². The SMILES string of the molecule is CCOc1cc(Cl)ccc1C(=O)OC(C)(C)C. The summed E-state index contributed by atoms with van der Waals surface area (Å²) in [5, 5.41) is 0.528. The molecule has 0 saturated carbocycles. The molecule has 0 aliphatic heterocycles. The molecule has 0 N–H and O–H groups in total. The smallest absolute Gasteiger partial charge is 0.342 e. The zero-order chi connectivity index (χ0) is 13.1. The lowest BCUT2D eigenvalue weighted by atomic mass is 10.1. The molecular formula is C13H17ClO3. The fourth-order valence-corrected chi connectivity index (χ4v) is 1.43. The first-order valence-electron chi connectivity index (χ1n) is 5.49. The Kier molecular flexibility index (Phi) is 4.40. The summed E-state index contributed by atoms with van der Waals surface area (Å²) in [6.45, 7) is 7.78. The van der Waals surface area contributed by atoms with Gasteiger partial charge >= 0.3 is 5.97 Å². The quantitative estimate of drug-likeness (QED) is 0.774. The van der Waals surface area contributed by atoms with Crippen molar-refractivity contribution in [1.29, 1.82) is 0 Å². The molecule has 0 radical (unpaired) electrons. The molecule has 0 amide bonds. The number of rotatable bonds is 3. The van der Waals surface area contributed by atoms with Crippen LogP contribution in [0.3, 0.4) is 0 Å². The van der Waals surface area contributed by atoms with Crippen LogP contribution >= 0.6 is 11.6 Å². The van der Waals surface area contributed by atoms with E-state index in [0.29, 0.717) is 22.9 Å². The van der Waals surface area contributed by atoms with Gasteiger partial charge in [0.1, 0.15) is 16.9 Å². The van der Waals surface area contributed by atoms with Crippen molar-refractivity contribution in [2.24, 2.45) is 0 Å². The molecule has 0 bridgehead atoms. The van der Waals surface area contributed by atoms with Crippen molar-refractivity contribution < 1.29 is 14.3 Å². The summed E-state index contributed by atoms with van der Waals surface area (Å²) in [5.74, 6) is 0.0480. The van der Waals surface area contributed by atoms with Crippen molar-refractivity contribution in [3.8, 4) is 5.75 Å². The van der Waals surface area contributed by atoms with Crippen LogP contribution in [0.1, 0.15) is 38.1 Å². The van der Waals surface area contributed by atoms with Crippen molar-refractivity contribution >= 4 is 17.6 Å². The lowest BCUT2D eigenvalue weighted by Gasteiger charge is -2.20. The summed E-state index contributed by atoms with van der Waals surface area (Å²) < 4.78 is 10.7. The zero-order valence-electron chi connectivity index (χ0n) is 10.5. The van der Waals surface area contributed by atoms with Gasteiger partial charge in [0, 0.05) is 5.02 Å². The van der Waals surface area contributed by atoms with Gasteiger partial charge in [0.05, 0.1) is 6.61 Å². The van der Waals surface area contributed by atoms with Gasteiger partial charge in [-0.05, 0) is 45.9 Å². The molecule has 0 unspecified atom stereocenters. The van der Waals surface area contributed by atoms with E-state index in [9.17, 15) is 4.79 Å². The first-order chi connectivity index (χ1) is 7.83. The third-order valence-corrected chi connectivity index (χ3v) is 2.10. The molecule has 1 rings (SSSR count). The predicted molar refractivity (Wildman–Crippen MR) is 67.8 cm³/mol. The Hall–Kier alpha value is -1.22. The van der Waals surface area contributed by atoms with Gasteiger partial charge < -0.3 is 9.47 Å². The van der Waals surface area contributed by atoms with Gasteiger partial charge in [-0.25, -0.2) is 4.79 Å². The predicted octanol–water partition coefficient (Wildman–Crippen LogP) is 3.69. The molecule has 0 aliphatic carbocycles. The normalized spacial score (nSPS) is 11.1. The highest BCUT2D eigenvalue weighted by atomic mass is 35.5. The van der Waals surface area contributed by atoms with Gasteiger partial charge in [0.15, 0.2) is 0 Å². The molecule has 0 atom stereocenters. The Morgan fingerprint density at radius 3 is 2.53 bits per heavy atom. The van der Waals surface area contributed by atoms with Crippen LogP contribution in [-0.2, 0) is 4.74 Å². The number of esters is 1. The largest absolute Gasteiger partial charge is 0.493 e. The topological polar surface area (TPSA) is 35.5 Å². The van der Waals surface area contributed by atoms with Crippen LogP contribution in [-0.4, -0.2) is 18.2 Å². The molecule has 94 valence electrons. The molecule has 4 heteroatoms. The first-order valence-corrected chi connectivity index (χ1v) is 5.87. The maximum atomic E-state index is 11.9. The van der Waals surface area contributed by atoms with Crippen LogP contribution < -0.4 is 4.74 Å². The molecule has 0 saturated heterocycles. The summed E-state index contributed by atoms with van der Waals surface area (Å²) in [4.78, 5) is 11.9. The Morgan fingerprint density at radius 2 is 2.00 bits per heavy atom. The summed E-state index contributed by atoms with van der Waals surface area (Å²) in [7, 11) is 0. The van der Waals surface area contributed by atoms with Crippen LogP contribution in [0.4, 0.5) is 0 Å². The summed E-state index contributed by atoms with van der Waals surface area (Å²) in [6, 6.07) is 4.87. The molecule has 0 spiro atoms. The fourth-order valence-electron chi connectivity index (χ4n) is 1.27. The summed E-state index contributed by atoms with van der Waals surface area (Å²) in [5.41, 5.74) is -0.133. The van der Waals surface area contributed by atoms with Crippen LogP contribution in [0.25, 0.3) is 0 Å². The minimum absolute atomic E-state index is 0.395. The highest BCUT2D eigenvalue weighted by Gasteiger charge is 2.21. The molecule has 0 aliphatic rings. The summed E-state index contributed by atoms with van der Waals surface area (Å²) in [6.07, 6.45) is 0. The van der Waals surface area contributed by atoms with E-state index in [0.717, 1.165) is 0 Å². The van der Waals surface area contributed by atoms with E-state index >= 15 is 0 Å². The van der Waals surface area contributed by atoms with Gasteiger partial charge in [-0.2, -0.15) is 0 Å². The van der Waals surface area contributed by atoms with E-state index in [1.807, 2.05) is 27.7 Å². The van der Waals surface area contributed by atoms with Crippen molar-refractivity contribution in [1.82, 2.24) is 0 Å². The third kappa shape index (κ3) is 4.27. The summed E-state index contributed by atoms with van der Waals surface area (Å²) >= 11 is 5.86. The highest BCUT2D eigenvalue weighted by molar-refractivity contribution is 6.30. The van der Waals surface area contributed by atoms with Crippen LogP contribution in [0.15, 0.2) is 18.2 Å². The van der Waals surface area contributed by atoms with Crippen molar-refractivity contribution in [3.63, 3.8) is 0 Å². The first kappa shape index (κ1) is 13.8. The van der Waals surface area contributed by atoms with E-state index in [2.05, 4.69) is 0 Å². The molecular weight excluding hydrogens is 240 g/mol. The molecule has 3 nitrogen and oxygen atoms in total. The molecule has 0 aromatic heterocycles. The average Bonchev–Trinajstić information content (AvgIpc) is 2.15. The van der Waals surface area contributed by atoms with E-state index in [1.54, 1.807) is 18.2 Å².